The van der Waals surface area contributed by atoms with E-state index in [1.54, 1.807) is 62.6 Å². The second-order valence-electron chi connectivity index (χ2n) is 8.16. The van der Waals surface area contributed by atoms with Gasteiger partial charge < -0.3 is 19.7 Å². The molecule has 9 nitrogen and oxygen atoms in total. The Balaban J connectivity index is 2.35. The van der Waals surface area contributed by atoms with Crippen LogP contribution in [0.25, 0.3) is 0 Å². The minimum absolute atomic E-state index is 0.126. The quantitative estimate of drug-likeness (QED) is 0.420. The van der Waals surface area contributed by atoms with E-state index in [-0.39, 0.29) is 12.5 Å². The minimum Gasteiger partial charge on any atom is -0.497 e. The predicted molar refractivity (Wildman–Crippen MR) is 136 cm³/mol. The Morgan fingerprint density at radius 1 is 1.03 bits per heavy atom. The van der Waals surface area contributed by atoms with Crippen molar-refractivity contribution in [2.45, 2.75) is 39.3 Å². The molecule has 0 fully saturated rings. The average molecular weight is 506 g/mol. The SMILES string of the molecule is CCCCNC(=O)C(C)N(Cc1ccc(OC)cc1)C(=O)CN(c1cccc(OC)c1)S(C)(=O)=O. The molecule has 0 saturated heterocycles. The summed E-state index contributed by atoms with van der Waals surface area (Å²) in [6.45, 7) is 3.83. The summed E-state index contributed by atoms with van der Waals surface area (Å²) in [6.07, 6.45) is 2.78. The average Bonchev–Trinajstić information content (AvgIpc) is 2.85. The number of methoxy groups -OCH3 is 2. The Bertz CT molecular complexity index is 1090. The molecule has 10 heteroatoms. The summed E-state index contributed by atoms with van der Waals surface area (Å²) in [6, 6.07) is 12.8. The molecule has 0 aliphatic heterocycles. The highest BCUT2D eigenvalue weighted by molar-refractivity contribution is 7.92. The van der Waals surface area contributed by atoms with Crippen molar-refractivity contribution < 1.29 is 27.5 Å². The van der Waals surface area contributed by atoms with Crippen molar-refractivity contribution in [3.63, 3.8) is 0 Å². The highest BCUT2D eigenvalue weighted by Crippen LogP contribution is 2.24. The number of nitrogens with zero attached hydrogens (tertiary/aromatic N) is 2. The first kappa shape index (κ1) is 28.0. The summed E-state index contributed by atoms with van der Waals surface area (Å²) in [5, 5.41) is 2.85. The van der Waals surface area contributed by atoms with E-state index < -0.39 is 28.5 Å². The van der Waals surface area contributed by atoms with Gasteiger partial charge in [0.15, 0.2) is 0 Å². The van der Waals surface area contributed by atoms with Gasteiger partial charge in [-0.15, -0.1) is 0 Å². The van der Waals surface area contributed by atoms with Gasteiger partial charge in [-0.25, -0.2) is 8.42 Å². The molecule has 0 aromatic heterocycles. The lowest BCUT2D eigenvalue weighted by molar-refractivity contribution is -0.139. The molecule has 35 heavy (non-hydrogen) atoms. The molecule has 0 bridgehead atoms. The predicted octanol–water partition coefficient (Wildman–Crippen LogP) is 2.80. The first-order valence-electron chi connectivity index (χ1n) is 11.4. The highest BCUT2D eigenvalue weighted by atomic mass is 32.2. The monoisotopic (exact) mass is 505 g/mol. The number of amides is 2. The molecule has 0 radical (unpaired) electrons. The fourth-order valence-electron chi connectivity index (χ4n) is 3.43. The molecule has 2 amide bonds. The van der Waals surface area contributed by atoms with Crippen LogP contribution in [0.15, 0.2) is 48.5 Å². The first-order chi connectivity index (χ1) is 16.6. The molecule has 0 spiro atoms. The van der Waals surface area contributed by atoms with Gasteiger partial charge in [0.1, 0.15) is 24.1 Å². The van der Waals surface area contributed by atoms with Gasteiger partial charge in [-0.3, -0.25) is 13.9 Å². The van der Waals surface area contributed by atoms with E-state index in [1.165, 1.54) is 12.0 Å². The molecule has 1 N–H and O–H groups in total. The van der Waals surface area contributed by atoms with Crippen LogP contribution in [0.4, 0.5) is 5.69 Å². The Hall–Kier alpha value is -3.27. The van der Waals surface area contributed by atoms with Crippen LogP contribution in [0.3, 0.4) is 0 Å². The van der Waals surface area contributed by atoms with Gasteiger partial charge in [-0.1, -0.05) is 31.5 Å². The van der Waals surface area contributed by atoms with E-state index in [2.05, 4.69) is 5.32 Å². The van der Waals surface area contributed by atoms with E-state index in [0.717, 1.165) is 29.0 Å². The molecule has 192 valence electrons. The topological polar surface area (TPSA) is 105 Å². The van der Waals surface area contributed by atoms with Crippen LogP contribution >= 0.6 is 0 Å². The number of benzene rings is 2. The van der Waals surface area contributed by atoms with Crippen LogP contribution in [0, 0.1) is 0 Å². The second-order valence-corrected chi connectivity index (χ2v) is 10.1. The number of rotatable bonds is 13. The Morgan fingerprint density at radius 2 is 1.69 bits per heavy atom. The van der Waals surface area contributed by atoms with Crippen molar-refractivity contribution >= 4 is 27.5 Å². The molecule has 2 aromatic rings. The molecule has 1 atom stereocenters. The van der Waals surface area contributed by atoms with Crippen molar-refractivity contribution in [3.8, 4) is 11.5 Å². The summed E-state index contributed by atoms with van der Waals surface area (Å²) in [5.41, 5.74) is 1.07. The van der Waals surface area contributed by atoms with E-state index >= 15 is 0 Å². The maximum absolute atomic E-state index is 13.5. The van der Waals surface area contributed by atoms with Gasteiger partial charge in [0.2, 0.25) is 21.8 Å². The third-order valence-corrected chi connectivity index (χ3v) is 6.67. The molecular formula is C25H35N3O6S. The van der Waals surface area contributed by atoms with Crippen LogP contribution in [-0.2, 0) is 26.2 Å². The summed E-state index contributed by atoms with van der Waals surface area (Å²) in [4.78, 5) is 27.7. The molecule has 2 aromatic carbocycles. The number of sulfonamides is 1. The van der Waals surface area contributed by atoms with E-state index in [4.69, 9.17) is 9.47 Å². The molecular weight excluding hydrogens is 470 g/mol. The number of carbonyl (C=O) groups excluding carboxylic acids is 2. The number of unbranched alkanes of at least 4 members (excludes halogenated alkanes) is 1. The Labute approximate surface area is 208 Å². The lowest BCUT2D eigenvalue weighted by atomic mass is 10.1. The van der Waals surface area contributed by atoms with Gasteiger partial charge in [-0.2, -0.15) is 0 Å². The zero-order valence-electron chi connectivity index (χ0n) is 21.0. The van der Waals surface area contributed by atoms with Crippen molar-refractivity contribution in [1.29, 1.82) is 0 Å². The van der Waals surface area contributed by atoms with Crippen molar-refractivity contribution in [3.05, 3.63) is 54.1 Å². The normalized spacial score (nSPS) is 11.9. The zero-order valence-corrected chi connectivity index (χ0v) is 21.8. The van der Waals surface area contributed by atoms with Gasteiger partial charge in [-0.05, 0) is 43.2 Å². The molecule has 2 rings (SSSR count). The minimum atomic E-state index is -3.80. The van der Waals surface area contributed by atoms with E-state index in [9.17, 15) is 18.0 Å². The van der Waals surface area contributed by atoms with Crippen LogP contribution in [0.2, 0.25) is 0 Å². The lowest BCUT2D eigenvalue weighted by Gasteiger charge is -2.31. The number of ether oxygens (including phenoxy) is 2. The van der Waals surface area contributed by atoms with Crippen LogP contribution in [0.5, 0.6) is 11.5 Å². The fraction of sp³-hybridized carbons (Fsp3) is 0.440. The van der Waals surface area contributed by atoms with Crippen LogP contribution in [-0.4, -0.2) is 64.7 Å². The van der Waals surface area contributed by atoms with Gasteiger partial charge in [0.05, 0.1) is 26.2 Å². The van der Waals surface area contributed by atoms with E-state index in [0.29, 0.717) is 23.7 Å². The summed E-state index contributed by atoms with van der Waals surface area (Å²) in [7, 11) is -0.766. The van der Waals surface area contributed by atoms with Gasteiger partial charge >= 0.3 is 0 Å². The Morgan fingerprint density at radius 3 is 2.26 bits per heavy atom. The number of carbonyl (C=O) groups is 2. The molecule has 0 aliphatic carbocycles. The van der Waals surface area contributed by atoms with E-state index in [1.807, 2.05) is 6.92 Å². The van der Waals surface area contributed by atoms with Crippen LogP contribution < -0.4 is 19.1 Å². The number of nitrogens with one attached hydrogen (secondary N) is 1. The fourth-order valence-corrected chi connectivity index (χ4v) is 4.27. The third kappa shape index (κ3) is 8.17. The van der Waals surface area contributed by atoms with Crippen molar-refractivity contribution in [1.82, 2.24) is 10.2 Å². The smallest absolute Gasteiger partial charge is 0.244 e. The highest BCUT2D eigenvalue weighted by Gasteiger charge is 2.30. The third-order valence-electron chi connectivity index (χ3n) is 5.53. The van der Waals surface area contributed by atoms with Crippen LogP contribution in [0.1, 0.15) is 32.3 Å². The summed E-state index contributed by atoms with van der Waals surface area (Å²) in [5.74, 6) is 0.320. The summed E-state index contributed by atoms with van der Waals surface area (Å²) >= 11 is 0. The molecule has 0 aliphatic rings. The number of hydrogen-bond donors (Lipinski definition) is 1. The maximum atomic E-state index is 13.5. The zero-order chi connectivity index (χ0) is 26.0. The molecule has 0 saturated carbocycles. The number of hydrogen-bond acceptors (Lipinski definition) is 6. The summed E-state index contributed by atoms with van der Waals surface area (Å²) < 4.78 is 36.6. The van der Waals surface area contributed by atoms with Crippen molar-refractivity contribution in [2.24, 2.45) is 0 Å². The Kier molecular flexibility index (Phi) is 10.4. The lowest BCUT2D eigenvalue weighted by Crippen LogP contribution is -2.51. The van der Waals surface area contributed by atoms with Gasteiger partial charge in [0, 0.05) is 19.2 Å². The van der Waals surface area contributed by atoms with Crippen molar-refractivity contribution in [2.75, 3.05) is 37.9 Å². The first-order valence-corrected chi connectivity index (χ1v) is 13.3. The second kappa shape index (κ2) is 13.0. The molecule has 0 heterocycles. The maximum Gasteiger partial charge on any atom is 0.244 e. The molecule has 1 unspecified atom stereocenters. The standard InChI is InChI=1S/C25H35N3O6S/c1-6-7-15-26-25(30)19(2)27(17-20-11-13-22(33-3)14-12-20)24(29)18-28(35(5,31)32)21-9-8-10-23(16-21)34-4/h8-14,16,19H,6-7,15,17-18H2,1-5H3,(H,26,30). The van der Waals surface area contributed by atoms with Gasteiger partial charge in [0.25, 0.3) is 0 Å². The number of anilines is 1. The largest absolute Gasteiger partial charge is 0.497 e.